The lowest BCUT2D eigenvalue weighted by atomic mass is 9.92. The first-order chi connectivity index (χ1) is 5.86. The molecule has 0 amide bonds. The zero-order valence-corrected chi connectivity index (χ0v) is 8.26. The van der Waals surface area contributed by atoms with Crippen LogP contribution in [0.3, 0.4) is 0 Å². The van der Waals surface area contributed by atoms with Gasteiger partial charge in [0, 0.05) is 0 Å². The molecule has 70 valence electrons. The molecule has 1 fully saturated rings. The molecular formula is C11H21N. The molecule has 1 saturated heterocycles. The van der Waals surface area contributed by atoms with Crippen LogP contribution >= 0.6 is 0 Å². The van der Waals surface area contributed by atoms with Crippen LogP contribution in [0, 0.1) is 5.92 Å². The predicted octanol–water partition coefficient (Wildman–Crippen LogP) is 2.68. The molecule has 0 saturated carbocycles. The Bertz CT molecular complexity index is 123. The molecule has 1 heterocycles. The van der Waals surface area contributed by atoms with Gasteiger partial charge in [-0.25, -0.2) is 0 Å². The van der Waals surface area contributed by atoms with E-state index in [1.54, 1.807) is 0 Å². The molecular weight excluding hydrogens is 146 g/mol. The highest BCUT2D eigenvalue weighted by atomic mass is 15.1. The predicted molar refractivity (Wildman–Crippen MR) is 54.3 cm³/mol. The third-order valence-electron chi connectivity index (χ3n) is 2.93. The van der Waals surface area contributed by atoms with Gasteiger partial charge >= 0.3 is 0 Å². The lowest BCUT2D eigenvalue weighted by molar-refractivity contribution is 0.187. The summed E-state index contributed by atoms with van der Waals surface area (Å²) < 4.78 is 0. The van der Waals surface area contributed by atoms with Gasteiger partial charge in [0.2, 0.25) is 0 Å². The maximum atomic E-state index is 3.77. The van der Waals surface area contributed by atoms with Crippen LogP contribution in [0.1, 0.15) is 32.6 Å². The number of allylic oxidation sites excluding steroid dienone is 1. The molecule has 12 heavy (non-hydrogen) atoms. The fourth-order valence-corrected chi connectivity index (χ4v) is 1.94. The third kappa shape index (κ3) is 2.98. The number of piperidine rings is 1. The molecule has 1 nitrogen and oxygen atoms in total. The fraction of sp³-hybridized carbons (Fsp3) is 0.818. The van der Waals surface area contributed by atoms with Gasteiger partial charge in [-0.1, -0.05) is 13.0 Å². The van der Waals surface area contributed by atoms with Gasteiger partial charge in [-0.15, -0.1) is 6.58 Å². The van der Waals surface area contributed by atoms with Crippen molar-refractivity contribution in [3.8, 4) is 0 Å². The number of likely N-dealkylation sites (tertiary alicyclic amines) is 1. The van der Waals surface area contributed by atoms with Gasteiger partial charge in [0.05, 0.1) is 0 Å². The van der Waals surface area contributed by atoms with Crippen molar-refractivity contribution in [1.82, 2.24) is 4.90 Å². The summed E-state index contributed by atoms with van der Waals surface area (Å²) >= 11 is 0. The number of rotatable bonds is 4. The van der Waals surface area contributed by atoms with Gasteiger partial charge in [-0.3, -0.25) is 0 Å². The van der Waals surface area contributed by atoms with Crippen molar-refractivity contribution in [2.75, 3.05) is 19.6 Å². The minimum absolute atomic E-state index is 0.978. The number of hydrogen-bond donors (Lipinski definition) is 0. The topological polar surface area (TPSA) is 3.24 Å². The van der Waals surface area contributed by atoms with E-state index in [9.17, 15) is 0 Å². The molecule has 1 aliphatic rings. The highest BCUT2D eigenvalue weighted by molar-refractivity contribution is 4.75. The Morgan fingerprint density at radius 2 is 2.08 bits per heavy atom. The Labute approximate surface area is 76.5 Å². The monoisotopic (exact) mass is 167 g/mol. The fourth-order valence-electron chi connectivity index (χ4n) is 1.94. The second kappa shape index (κ2) is 5.36. The summed E-state index contributed by atoms with van der Waals surface area (Å²) in [6.07, 6.45) is 7.42. The second-order valence-corrected chi connectivity index (χ2v) is 3.74. The van der Waals surface area contributed by atoms with Crippen LogP contribution in [0.5, 0.6) is 0 Å². The Balaban J connectivity index is 2.12. The summed E-state index contributed by atoms with van der Waals surface area (Å²) in [5.74, 6) is 0.978. The summed E-state index contributed by atoms with van der Waals surface area (Å²) in [5.41, 5.74) is 0. The van der Waals surface area contributed by atoms with Crippen LogP contribution in [-0.2, 0) is 0 Å². The smallest absolute Gasteiger partial charge is 0.00162 e. The minimum atomic E-state index is 0.978. The first-order valence-corrected chi connectivity index (χ1v) is 5.20. The molecule has 1 rings (SSSR count). The van der Waals surface area contributed by atoms with Crippen LogP contribution in [0.15, 0.2) is 12.7 Å². The lowest BCUT2D eigenvalue weighted by Gasteiger charge is -2.30. The summed E-state index contributed by atoms with van der Waals surface area (Å²) in [7, 11) is 0. The van der Waals surface area contributed by atoms with Gasteiger partial charge in [0.25, 0.3) is 0 Å². The molecule has 0 spiro atoms. The van der Waals surface area contributed by atoms with E-state index in [2.05, 4.69) is 18.4 Å². The van der Waals surface area contributed by atoms with Crippen LogP contribution in [0.4, 0.5) is 0 Å². The highest BCUT2D eigenvalue weighted by Crippen LogP contribution is 2.21. The van der Waals surface area contributed by atoms with E-state index in [0.717, 1.165) is 5.92 Å². The van der Waals surface area contributed by atoms with E-state index in [1.165, 1.54) is 45.3 Å². The van der Waals surface area contributed by atoms with Crippen molar-refractivity contribution in [3.05, 3.63) is 12.7 Å². The molecule has 0 radical (unpaired) electrons. The molecule has 1 heteroatoms. The van der Waals surface area contributed by atoms with Crippen molar-refractivity contribution in [3.63, 3.8) is 0 Å². The molecule has 1 aliphatic heterocycles. The molecule has 0 bridgehead atoms. The average Bonchev–Trinajstić information content (AvgIpc) is 2.15. The SMILES string of the molecule is C=CCCC1CCN(CC)CC1. The lowest BCUT2D eigenvalue weighted by Crippen LogP contribution is -2.33. The Kier molecular flexibility index (Phi) is 4.37. The normalized spacial score (nSPS) is 21.1. The van der Waals surface area contributed by atoms with Crippen LogP contribution < -0.4 is 0 Å². The Morgan fingerprint density at radius 3 is 2.58 bits per heavy atom. The van der Waals surface area contributed by atoms with Gasteiger partial charge in [-0.05, 0) is 51.2 Å². The van der Waals surface area contributed by atoms with Gasteiger partial charge in [-0.2, -0.15) is 0 Å². The Hall–Kier alpha value is -0.300. The van der Waals surface area contributed by atoms with Crippen molar-refractivity contribution >= 4 is 0 Å². The van der Waals surface area contributed by atoms with Crippen molar-refractivity contribution in [1.29, 1.82) is 0 Å². The molecule has 0 aromatic heterocycles. The Morgan fingerprint density at radius 1 is 1.42 bits per heavy atom. The molecule has 0 unspecified atom stereocenters. The summed E-state index contributed by atoms with van der Waals surface area (Å²) in [4.78, 5) is 2.55. The van der Waals surface area contributed by atoms with Crippen LogP contribution in [0.25, 0.3) is 0 Å². The van der Waals surface area contributed by atoms with Crippen LogP contribution in [0.2, 0.25) is 0 Å². The van der Waals surface area contributed by atoms with Gasteiger partial charge < -0.3 is 4.90 Å². The maximum absolute atomic E-state index is 3.77. The largest absolute Gasteiger partial charge is 0.304 e. The first-order valence-electron chi connectivity index (χ1n) is 5.20. The summed E-state index contributed by atoms with van der Waals surface area (Å²) in [6.45, 7) is 9.89. The second-order valence-electron chi connectivity index (χ2n) is 3.74. The van der Waals surface area contributed by atoms with E-state index >= 15 is 0 Å². The number of nitrogens with zero attached hydrogens (tertiary/aromatic N) is 1. The van der Waals surface area contributed by atoms with E-state index in [-0.39, 0.29) is 0 Å². The van der Waals surface area contributed by atoms with E-state index in [4.69, 9.17) is 0 Å². The van der Waals surface area contributed by atoms with Crippen molar-refractivity contribution < 1.29 is 0 Å². The highest BCUT2D eigenvalue weighted by Gasteiger charge is 2.16. The standard InChI is InChI=1S/C11H21N/c1-3-5-6-11-7-9-12(4-2)10-8-11/h3,11H,1,4-10H2,2H3. The van der Waals surface area contributed by atoms with E-state index in [0.29, 0.717) is 0 Å². The van der Waals surface area contributed by atoms with Crippen molar-refractivity contribution in [2.45, 2.75) is 32.6 Å². The first kappa shape index (κ1) is 9.79. The van der Waals surface area contributed by atoms with E-state index < -0.39 is 0 Å². The molecule has 0 atom stereocenters. The van der Waals surface area contributed by atoms with Gasteiger partial charge in [0.1, 0.15) is 0 Å². The maximum Gasteiger partial charge on any atom is -0.00162 e. The molecule has 0 aromatic rings. The number of hydrogen-bond acceptors (Lipinski definition) is 1. The molecule has 0 N–H and O–H groups in total. The summed E-state index contributed by atoms with van der Waals surface area (Å²) in [6, 6.07) is 0. The average molecular weight is 167 g/mol. The minimum Gasteiger partial charge on any atom is -0.304 e. The third-order valence-corrected chi connectivity index (χ3v) is 2.93. The quantitative estimate of drug-likeness (QED) is 0.582. The summed E-state index contributed by atoms with van der Waals surface area (Å²) in [5, 5.41) is 0. The molecule has 0 aliphatic carbocycles. The molecule has 0 aromatic carbocycles. The zero-order valence-electron chi connectivity index (χ0n) is 8.26. The van der Waals surface area contributed by atoms with Crippen LogP contribution in [-0.4, -0.2) is 24.5 Å². The van der Waals surface area contributed by atoms with E-state index in [1.807, 2.05) is 6.08 Å². The van der Waals surface area contributed by atoms with Gasteiger partial charge in [0.15, 0.2) is 0 Å². The zero-order chi connectivity index (χ0) is 8.81. The van der Waals surface area contributed by atoms with Crippen molar-refractivity contribution in [2.24, 2.45) is 5.92 Å².